The maximum Gasteiger partial charge on any atom is 0.407 e. The number of alkyl carbamates (subject to hydrolysis) is 1. The smallest absolute Gasteiger partial charge is 0.407 e. The van der Waals surface area contributed by atoms with Crippen molar-refractivity contribution in [3.63, 3.8) is 0 Å². The minimum atomic E-state index is -1.55. The van der Waals surface area contributed by atoms with Gasteiger partial charge < -0.3 is 25.6 Å². The molecule has 1 unspecified atom stereocenters. The van der Waals surface area contributed by atoms with Crippen molar-refractivity contribution in [2.75, 3.05) is 13.2 Å². The lowest BCUT2D eigenvalue weighted by Gasteiger charge is -2.23. The molecule has 0 spiro atoms. The molecule has 0 saturated heterocycles. The van der Waals surface area contributed by atoms with Crippen LogP contribution in [0.2, 0.25) is 0 Å². The summed E-state index contributed by atoms with van der Waals surface area (Å²) in [6, 6.07) is 15.7. The van der Waals surface area contributed by atoms with Crippen LogP contribution in [0.3, 0.4) is 0 Å². The topological polar surface area (TPSA) is 125 Å². The predicted octanol–water partition coefficient (Wildman–Crippen LogP) is 3.04. The normalized spacial score (nSPS) is 15.0. The van der Waals surface area contributed by atoms with Gasteiger partial charge in [0.25, 0.3) is 0 Å². The van der Waals surface area contributed by atoms with Crippen LogP contribution in [0.4, 0.5) is 4.79 Å². The Balaban J connectivity index is 1.52. The quantitative estimate of drug-likeness (QED) is 0.437. The van der Waals surface area contributed by atoms with E-state index in [-0.39, 0.29) is 25.5 Å². The Labute approximate surface area is 193 Å². The number of carbonyl (C=O) groups is 3. The van der Waals surface area contributed by atoms with Crippen LogP contribution in [-0.4, -0.2) is 53.0 Å². The van der Waals surface area contributed by atoms with Gasteiger partial charge in [0.1, 0.15) is 6.61 Å². The van der Waals surface area contributed by atoms with Crippen molar-refractivity contribution < 1.29 is 29.3 Å². The first-order valence-corrected chi connectivity index (χ1v) is 11.0. The van der Waals surface area contributed by atoms with Gasteiger partial charge in [-0.1, -0.05) is 55.5 Å². The summed E-state index contributed by atoms with van der Waals surface area (Å²) < 4.78 is 5.52. The SMILES string of the molecule is CC[C@H](CC(=O)NCC(C)(O)CC(=O)O)NC(=O)OCC1c2ccccc2-c2ccccc21. The highest BCUT2D eigenvalue weighted by atomic mass is 16.5. The summed E-state index contributed by atoms with van der Waals surface area (Å²) in [5, 5.41) is 24.0. The summed E-state index contributed by atoms with van der Waals surface area (Å²) >= 11 is 0. The molecule has 0 radical (unpaired) electrons. The molecule has 3 rings (SSSR count). The highest BCUT2D eigenvalue weighted by Crippen LogP contribution is 2.44. The monoisotopic (exact) mass is 454 g/mol. The molecular formula is C25H30N2O6. The molecule has 0 fully saturated rings. The van der Waals surface area contributed by atoms with Gasteiger partial charge in [0, 0.05) is 24.9 Å². The molecule has 0 aliphatic heterocycles. The fourth-order valence-corrected chi connectivity index (χ4v) is 4.08. The van der Waals surface area contributed by atoms with Gasteiger partial charge in [-0.3, -0.25) is 9.59 Å². The predicted molar refractivity (Wildman–Crippen MR) is 123 cm³/mol. The number of carboxylic acids is 1. The Morgan fingerprint density at radius 2 is 1.64 bits per heavy atom. The number of fused-ring (bicyclic) bond motifs is 3. The number of benzene rings is 2. The molecule has 2 atom stereocenters. The van der Waals surface area contributed by atoms with Crippen LogP contribution in [0.5, 0.6) is 0 Å². The Bertz CT molecular complexity index is 974. The highest BCUT2D eigenvalue weighted by Gasteiger charge is 2.29. The van der Waals surface area contributed by atoms with E-state index in [0.29, 0.717) is 6.42 Å². The Kier molecular flexibility index (Phi) is 7.71. The number of aliphatic carboxylic acids is 1. The molecule has 0 bridgehead atoms. The highest BCUT2D eigenvalue weighted by molar-refractivity contribution is 5.79. The largest absolute Gasteiger partial charge is 0.481 e. The number of carbonyl (C=O) groups excluding carboxylic acids is 2. The van der Waals surface area contributed by atoms with Crippen LogP contribution in [0.15, 0.2) is 48.5 Å². The van der Waals surface area contributed by atoms with E-state index in [2.05, 4.69) is 22.8 Å². The average molecular weight is 455 g/mol. The average Bonchev–Trinajstić information content (AvgIpc) is 3.09. The first-order chi connectivity index (χ1) is 15.7. The van der Waals surface area contributed by atoms with Crippen LogP contribution in [-0.2, 0) is 14.3 Å². The van der Waals surface area contributed by atoms with Crippen LogP contribution in [0.1, 0.15) is 50.2 Å². The van der Waals surface area contributed by atoms with E-state index < -0.39 is 36.0 Å². The molecular weight excluding hydrogens is 424 g/mol. The minimum absolute atomic E-state index is 0.0101. The van der Waals surface area contributed by atoms with Crippen LogP contribution in [0, 0.1) is 0 Å². The van der Waals surface area contributed by atoms with Crippen LogP contribution in [0.25, 0.3) is 11.1 Å². The molecule has 2 aromatic rings. The first-order valence-electron chi connectivity index (χ1n) is 11.0. The van der Waals surface area contributed by atoms with Crippen LogP contribution >= 0.6 is 0 Å². The second-order valence-corrected chi connectivity index (χ2v) is 8.62. The second-order valence-electron chi connectivity index (χ2n) is 8.62. The van der Waals surface area contributed by atoms with E-state index in [1.54, 1.807) is 0 Å². The van der Waals surface area contributed by atoms with E-state index in [0.717, 1.165) is 22.3 Å². The lowest BCUT2D eigenvalue weighted by molar-refractivity contribution is -0.142. The van der Waals surface area contributed by atoms with Gasteiger partial charge in [0.15, 0.2) is 0 Å². The van der Waals surface area contributed by atoms with Gasteiger partial charge in [-0.2, -0.15) is 0 Å². The van der Waals surface area contributed by atoms with Crippen LogP contribution < -0.4 is 10.6 Å². The minimum Gasteiger partial charge on any atom is -0.481 e. The maximum absolute atomic E-state index is 12.4. The van der Waals surface area contributed by atoms with Gasteiger partial charge in [-0.25, -0.2) is 4.79 Å². The van der Waals surface area contributed by atoms with Gasteiger partial charge in [-0.05, 0) is 35.6 Å². The third kappa shape index (κ3) is 6.32. The molecule has 1 aliphatic rings. The van der Waals surface area contributed by atoms with E-state index in [1.165, 1.54) is 6.92 Å². The Morgan fingerprint density at radius 3 is 2.18 bits per heavy atom. The number of carboxylic acid groups (broad SMARTS) is 1. The lowest BCUT2D eigenvalue weighted by Crippen LogP contribution is -2.44. The summed E-state index contributed by atoms with van der Waals surface area (Å²) in [5.74, 6) is -1.60. The summed E-state index contributed by atoms with van der Waals surface area (Å²) in [6.07, 6.45) is -0.593. The third-order valence-electron chi connectivity index (χ3n) is 5.79. The molecule has 0 heterocycles. The molecule has 1 aliphatic carbocycles. The van der Waals surface area contributed by atoms with Crippen molar-refractivity contribution in [2.24, 2.45) is 0 Å². The van der Waals surface area contributed by atoms with E-state index in [1.807, 2.05) is 43.3 Å². The number of rotatable bonds is 10. The summed E-state index contributed by atoms with van der Waals surface area (Å²) in [4.78, 5) is 35.4. The number of amides is 2. The van der Waals surface area contributed by atoms with Crippen molar-refractivity contribution in [3.05, 3.63) is 59.7 Å². The Morgan fingerprint density at radius 1 is 1.06 bits per heavy atom. The second kappa shape index (κ2) is 10.5. The zero-order valence-electron chi connectivity index (χ0n) is 18.8. The number of aliphatic hydroxyl groups is 1. The van der Waals surface area contributed by atoms with Gasteiger partial charge in [0.05, 0.1) is 12.0 Å². The van der Waals surface area contributed by atoms with Crippen molar-refractivity contribution in [1.29, 1.82) is 0 Å². The summed E-state index contributed by atoms with van der Waals surface area (Å²) in [7, 11) is 0. The molecule has 0 saturated carbocycles. The fourth-order valence-electron chi connectivity index (χ4n) is 4.08. The molecule has 33 heavy (non-hydrogen) atoms. The molecule has 8 heteroatoms. The van der Waals surface area contributed by atoms with E-state index in [9.17, 15) is 19.5 Å². The molecule has 2 amide bonds. The molecule has 0 aromatic heterocycles. The zero-order chi connectivity index (χ0) is 24.0. The Hall–Kier alpha value is -3.39. The molecule has 2 aromatic carbocycles. The lowest BCUT2D eigenvalue weighted by atomic mass is 9.98. The first kappa shape index (κ1) is 24.3. The standard InChI is InChI=1S/C25H30N2O6/c1-3-16(12-22(28)26-15-25(2,32)13-23(29)30)27-24(31)33-14-21-19-10-6-4-8-17(19)18-9-5-7-11-20(18)21/h4-11,16,21,32H,3,12-15H2,1-2H3,(H,26,28)(H,27,31)(H,29,30)/t16-,25?/m1/s1. The third-order valence-corrected chi connectivity index (χ3v) is 5.79. The number of hydrogen-bond acceptors (Lipinski definition) is 5. The number of nitrogens with one attached hydrogen (secondary N) is 2. The van der Waals surface area contributed by atoms with Crippen molar-refractivity contribution >= 4 is 18.0 Å². The number of hydrogen-bond donors (Lipinski definition) is 4. The summed E-state index contributed by atoms with van der Waals surface area (Å²) in [5.41, 5.74) is 2.97. The van der Waals surface area contributed by atoms with E-state index in [4.69, 9.17) is 9.84 Å². The maximum atomic E-state index is 12.4. The molecule has 176 valence electrons. The molecule has 8 nitrogen and oxygen atoms in total. The number of ether oxygens (including phenoxy) is 1. The zero-order valence-corrected chi connectivity index (χ0v) is 18.8. The van der Waals surface area contributed by atoms with Crippen molar-refractivity contribution in [3.8, 4) is 11.1 Å². The summed E-state index contributed by atoms with van der Waals surface area (Å²) in [6.45, 7) is 3.16. The molecule has 4 N–H and O–H groups in total. The van der Waals surface area contributed by atoms with E-state index >= 15 is 0 Å². The van der Waals surface area contributed by atoms with Gasteiger partial charge in [-0.15, -0.1) is 0 Å². The van der Waals surface area contributed by atoms with Gasteiger partial charge >= 0.3 is 12.1 Å². The van der Waals surface area contributed by atoms with Crippen molar-refractivity contribution in [1.82, 2.24) is 10.6 Å². The van der Waals surface area contributed by atoms with Gasteiger partial charge in [0.2, 0.25) is 5.91 Å². The van der Waals surface area contributed by atoms with Crippen molar-refractivity contribution in [2.45, 2.75) is 50.7 Å². The fraction of sp³-hybridized carbons (Fsp3) is 0.400.